The van der Waals surface area contributed by atoms with Crippen molar-refractivity contribution < 1.29 is 9.90 Å². The third-order valence-corrected chi connectivity index (χ3v) is 1.62. The van der Waals surface area contributed by atoms with Crippen molar-refractivity contribution in [2.45, 2.75) is 6.17 Å². The number of nitrogens with two attached hydrogens (primary N) is 1. The standard InChI is InChI=1S/C7H10N4O2/c1-3-11-6(9-2)4(7(12)13)5(8)10-11/h3,5,10H,1-2,8H2,(H,12,13). The number of nitrogens with one attached hydrogen (secondary N) is 1. The second kappa shape index (κ2) is 3.38. The van der Waals surface area contributed by atoms with Crippen molar-refractivity contribution in [3.05, 3.63) is 24.2 Å². The van der Waals surface area contributed by atoms with E-state index < -0.39 is 12.1 Å². The SMILES string of the molecule is C=CN1NC(N)C(C(=O)O)=C1N=C. The number of hydrazine groups is 1. The monoisotopic (exact) mass is 182 g/mol. The molecule has 6 nitrogen and oxygen atoms in total. The molecule has 4 N–H and O–H groups in total. The topological polar surface area (TPSA) is 91.0 Å². The highest BCUT2D eigenvalue weighted by molar-refractivity contribution is 5.89. The Kier molecular flexibility index (Phi) is 2.45. The van der Waals surface area contributed by atoms with E-state index in [2.05, 4.69) is 23.7 Å². The maximum Gasteiger partial charge on any atom is 0.338 e. The summed E-state index contributed by atoms with van der Waals surface area (Å²) in [4.78, 5) is 14.3. The van der Waals surface area contributed by atoms with Gasteiger partial charge in [0.25, 0.3) is 0 Å². The third-order valence-electron chi connectivity index (χ3n) is 1.62. The summed E-state index contributed by atoms with van der Waals surface area (Å²) < 4.78 is 0. The van der Waals surface area contributed by atoms with Gasteiger partial charge in [0, 0.05) is 6.20 Å². The molecular weight excluding hydrogens is 172 g/mol. The first-order chi connectivity index (χ1) is 6.11. The summed E-state index contributed by atoms with van der Waals surface area (Å²) in [6.07, 6.45) is 0.593. The van der Waals surface area contributed by atoms with Gasteiger partial charge in [-0.15, -0.1) is 0 Å². The first-order valence-corrected chi connectivity index (χ1v) is 3.49. The zero-order chi connectivity index (χ0) is 10.0. The van der Waals surface area contributed by atoms with Crippen LogP contribution < -0.4 is 11.2 Å². The van der Waals surface area contributed by atoms with E-state index in [0.717, 1.165) is 0 Å². The number of aliphatic carboxylic acids is 1. The van der Waals surface area contributed by atoms with Crippen LogP contribution in [-0.4, -0.2) is 29.0 Å². The van der Waals surface area contributed by atoms with Gasteiger partial charge in [0.05, 0.1) is 0 Å². The van der Waals surface area contributed by atoms with Gasteiger partial charge in [0.2, 0.25) is 0 Å². The van der Waals surface area contributed by atoms with Crippen molar-refractivity contribution in [2.24, 2.45) is 10.7 Å². The Balaban J connectivity index is 3.14. The molecule has 1 aliphatic rings. The highest BCUT2D eigenvalue weighted by atomic mass is 16.4. The molecule has 0 radical (unpaired) electrons. The Hall–Kier alpha value is -1.66. The number of aliphatic imine (C=N–C) groups is 1. The summed E-state index contributed by atoms with van der Waals surface area (Å²) in [5, 5.41) is 10.1. The number of hydrogen-bond donors (Lipinski definition) is 3. The molecule has 1 aliphatic heterocycles. The van der Waals surface area contributed by atoms with Gasteiger partial charge in [0.15, 0.2) is 5.82 Å². The summed E-state index contributed by atoms with van der Waals surface area (Å²) in [6.45, 7) is 6.71. The van der Waals surface area contributed by atoms with E-state index >= 15 is 0 Å². The molecule has 0 saturated carbocycles. The predicted molar refractivity (Wildman–Crippen MR) is 47.4 cm³/mol. The normalized spacial score (nSPS) is 21.9. The number of nitrogens with zero attached hydrogens (tertiary/aromatic N) is 2. The van der Waals surface area contributed by atoms with Crippen molar-refractivity contribution in [2.75, 3.05) is 0 Å². The van der Waals surface area contributed by atoms with Crippen LogP contribution in [0.3, 0.4) is 0 Å². The number of rotatable bonds is 3. The molecule has 1 rings (SSSR count). The maximum absolute atomic E-state index is 10.7. The van der Waals surface area contributed by atoms with Crippen LogP contribution in [0.2, 0.25) is 0 Å². The van der Waals surface area contributed by atoms with Crippen LogP contribution in [0.25, 0.3) is 0 Å². The first kappa shape index (κ1) is 9.43. The maximum atomic E-state index is 10.7. The summed E-state index contributed by atoms with van der Waals surface area (Å²) >= 11 is 0. The van der Waals surface area contributed by atoms with E-state index in [0.29, 0.717) is 0 Å². The lowest BCUT2D eigenvalue weighted by Gasteiger charge is -2.13. The summed E-state index contributed by atoms with van der Waals surface area (Å²) in [7, 11) is 0. The van der Waals surface area contributed by atoms with Crippen molar-refractivity contribution in [3.8, 4) is 0 Å². The largest absolute Gasteiger partial charge is 0.478 e. The smallest absolute Gasteiger partial charge is 0.338 e. The number of carbonyl (C=O) groups is 1. The molecule has 0 aromatic carbocycles. The second-order valence-electron chi connectivity index (χ2n) is 2.36. The molecule has 0 amide bonds. The average molecular weight is 182 g/mol. The van der Waals surface area contributed by atoms with E-state index in [1.54, 1.807) is 0 Å². The molecule has 1 atom stereocenters. The van der Waals surface area contributed by atoms with E-state index in [9.17, 15) is 4.79 Å². The number of carboxylic acids is 1. The molecule has 0 aromatic heterocycles. The van der Waals surface area contributed by atoms with Crippen molar-refractivity contribution in [1.29, 1.82) is 0 Å². The fraction of sp³-hybridized carbons (Fsp3) is 0.143. The van der Waals surface area contributed by atoms with Crippen LogP contribution in [0.1, 0.15) is 0 Å². The molecule has 1 heterocycles. The lowest BCUT2D eigenvalue weighted by Crippen LogP contribution is -2.40. The molecule has 0 spiro atoms. The van der Waals surface area contributed by atoms with E-state index in [1.165, 1.54) is 11.2 Å². The fourth-order valence-corrected chi connectivity index (χ4v) is 1.07. The molecular formula is C7H10N4O2. The summed E-state index contributed by atoms with van der Waals surface area (Å²) in [5.74, 6) is -0.943. The van der Waals surface area contributed by atoms with Gasteiger partial charge in [0.1, 0.15) is 11.7 Å². The van der Waals surface area contributed by atoms with Gasteiger partial charge in [-0.1, -0.05) is 6.58 Å². The average Bonchev–Trinajstić information content (AvgIpc) is 2.41. The van der Waals surface area contributed by atoms with Crippen LogP contribution >= 0.6 is 0 Å². The molecule has 6 heteroatoms. The molecule has 0 fully saturated rings. The Morgan fingerprint density at radius 3 is 2.85 bits per heavy atom. The van der Waals surface area contributed by atoms with Gasteiger partial charge in [-0.2, -0.15) is 0 Å². The fourth-order valence-electron chi connectivity index (χ4n) is 1.07. The molecule has 13 heavy (non-hydrogen) atoms. The lowest BCUT2D eigenvalue weighted by atomic mass is 10.2. The van der Waals surface area contributed by atoms with Crippen LogP contribution in [0, 0.1) is 0 Å². The van der Waals surface area contributed by atoms with Gasteiger partial charge in [-0.3, -0.25) is 5.01 Å². The van der Waals surface area contributed by atoms with Gasteiger partial charge < -0.3 is 10.8 Å². The molecule has 70 valence electrons. The van der Waals surface area contributed by atoms with Gasteiger partial charge in [-0.05, 0) is 6.72 Å². The van der Waals surface area contributed by atoms with Crippen LogP contribution in [0.15, 0.2) is 29.2 Å². The number of carboxylic acid groups (broad SMARTS) is 1. The van der Waals surface area contributed by atoms with E-state index in [-0.39, 0.29) is 11.4 Å². The van der Waals surface area contributed by atoms with Crippen LogP contribution in [-0.2, 0) is 4.79 Å². The third kappa shape index (κ3) is 1.44. The Morgan fingerprint density at radius 2 is 2.46 bits per heavy atom. The highest BCUT2D eigenvalue weighted by Gasteiger charge is 2.31. The minimum absolute atomic E-state index is 0.0186. The van der Waals surface area contributed by atoms with Crippen LogP contribution in [0.5, 0.6) is 0 Å². The minimum Gasteiger partial charge on any atom is -0.478 e. The second-order valence-corrected chi connectivity index (χ2v) is 2.36. The summed E-state index contributed by atoms with van der Waals surface area (Å²) in [5.41, 5.74) is 8.11. The molecule has 0 saturated heterocycles. The Morgan fingerprint density at radius 1 is 1.85 bits per heavy atom. The molecule has 0 aromatic rings. The van der Waals surface area contributed by atoms with Crippen molar-refractivity contribution in [3.63, 3.8) is 0 Å². The summed E-state index contributed by atoms with van der Waals surface area (Å²) in [6, 6.07) is 0. The predicted octanol–water partition coefficient (Wildman–Crippen LogP) is -0.768. The first-order valence-electron chi connectivity index (χ1n) is 3.49. The van der Waals surface area contributed by atoms with Crippen molar-refractivity contribution >= 4 is 12.7 Å². The number of hydrogen-bond acceptors (Lipinski definition) is 5. The van der Waals surface area contributed by atoms with Gasteiger partial charge >= 0.3 is 5.97 Å². The quantitative estimate of drug-likeness (QED) is 0.499. The molecule has 1 unspecified atom stereocenters. The Bertz CT molecular complexity index is 297. The highest BCUT2D eigenvalue weighted by Crippen LogP contribution is 2.18. The van der Waals surface area contributed by atoms with E-state index in [4.69, 9.17) is 10.8 Å². The van der Waals surface area contributed by atoms with E-state index in [1.807, 2.05) is 0 Å². The zero-order valence-electron chi connectivity index (χ0n) is 6.90. The molecule has 0 aliphatic carbocycles. The van der Waals surface area contributed by atoms with Crippen molar-refractivity contribution in [1.82, 2.24) is 10.4 Å². The van der Waals surface area contributed by atoms with Crippen LogP contribution in [0.4, 0.5) is 0 Å². The minimum atomic E-state index is -1.12. The molecule has 0 bridgehead atoms. The Labute approximate surface area is 75.0 Å². The van der Waals surface area contributed by atoms with Gasteiger partial charge in [-0.25, -0.2) is 15.2 Å². The lowest BCUT2D eigenvalue weighted by molar-refractivity contribution is -0.132. The zero-order valence-corrected chi connectivity index (χ0v) is 6.90.